The van der Waals surface area contributed by atoms with Crippen LogP contribution in [0.3, 0.4) is 0 Å². The molecule has 0 radical (unpaired) electrons. The first-order valence-electron chi connectivity index (χ1n) is 8.68. The van der Waals surface area contributed by atoms with Crippen molar-refractivity contribution in [2.75, 3.05) is 33.0 Å². The molecule has 1 saturated heterocycles. The molecule has 0 aromatic rings. The molecule has 0 N–H and O–H groups in total. The van der Waals surface area contributed by atoms with Gasteiger partial charge in [0.15, 0.2) is 0 Å². The van der Waals surface area contributed by atoms with Gasteiger partial charge in [0.25, 0.3) is 5.79 Å². The fourth-order valence-corrected chi connectivity index (χ4v) is 1.98. The second-order valence-corrected chi connectivity index (χ2v) is 7.19. The van der Waals surface area contributed by atoms with Crippen molar-refractivity contribution >= 4 is 10.2 Å². The van der Waals surface area contributed by atoms with E-state index in [4.69, 9.17) is 38.8 Å². The normalized spacial score (nSPS) is 20.2. The molecule has 2 atom stereocenters. The van der Waals surface area contributed by atoms with E-state index in [1.165, 1.54) is 0 Å². The SMILES string of the molecule is CCCOOC(C)(OOCCC)C([SiH3])(OCC1CO1)OOCCC. The zero-order valence-electron chi connectivity index (χ0n) is 15.5. The second kappa shape index (κ2) is 11.5. The van der Waals surface area contributed by atoms with Gasteiger partial charge < -0.3 is 9.47 Å². The quantitative estimate of drug-likeness (QED) is 0.100. The van der Waals surface area contributed by atoms with Crippen LogP contribution in [-0.4, -0.2) is 60.6 Å². The van der Waals surface area contributed by atoms with Gasteiger partial charge in [0.2, 0.25) is 5.41 Å². The van der Waals surface area contributed by atoms with Crippen molar-refractivity contribution in [3.05, 3.63) is 0 Å². The van der Waals surface area contributed by atoms with E-state index in [0.717, 1.165) is 19.3 Å². The molecule has 1 heterocycles. The molecule has 8 nitrogen and oxygen atoms in total. The fraction of sp³-hybridized carbons (Fsp3) is 1.00. The number of ether oxygens (including phenoxy) is 2. The Labute approximate surface area is 147 Å². The summed E-state index contributed by atoms with van der Waals surface area (Å²) in [6.45, 7) is 9.85. The van der Waals surface area contributed by atoms with E-state index in [0.29, 0.717) is 43.3 Å². The number of rotatable bonds is 16. The van der Waals surface area contributed by atoms with Crippen molar-refractivity contribution in [2.24, 2.45) is 0 Å². The van der Waals surface area contributed by atoms with Crippen molar-refractivity contribution in [2.45, 2.75) is 64.3 Å². The molecule has 0 saturated carbocycles. The van der Waals surface area contributed by atoms with Crippen molar-refractivity contribution in [1.82, 2.24) is 0 Å². The third-order valence-corrected chi connectivity index (χ3v) is 4.65. The highest BCUT2D eigenvalue weighted by Crippen LogP contribution is 2.32. The number of epoxide rings is 1. The van der Waals surface area contributed by atoms with E-state index < -0.39 is 11.2 Å². The summed E-state index contributed by atoms with van der Waals surface area (Å²) < 4.78 is 11.1. The van der Waals surface area contributed by atoms with E-state index in [9.17, 15) is 0 Å². The molecule has 1 fully saturated rings. The first-order valence-corrected chi connectivity index (χ1v) is 9.68. The Hall–Kier alpha value is -0.103. The van der Waals surface area contributed by atoms with Gasteiger partial charge in [0.1, 0.15) is 6.10 Å². The van der Waals surface area contributed by atoms with Gasteiger partial charge in [-0.25, -0.2) is 19.6 Å². The molecule has 0 aromatic carbocycles. The van der Waals surface area contributed by atoms with Crippen LogP contribution in [0.15, 0.2) is 0 Å². The zero-order valence-corrected chi connectivity index (χ0v) is 17.5. The summed E-state index contributed by atoms with van der Waals surface area (Å²) in [5, 5.41) is 0. The fourth-order valence-electron chi connectivity index (χ4n) is 1.52. The Morgan fingerprint density at radius 1 is 0.917 bits per heavy atom. The highest BCUT2D eigenvalue weighted by atomic mass is 28.1. The van der Waals surface area contributed by atoms with Crippen molar-refractivity contribution in [3.63, 3.8) is 0 Å². The minimum absolute atomic E-state index is 0.0606. The smallest absolute Gasteiger partial charge is 0.281 e. The minimum atomic E-state index is -1.44. The standard InChI is InChI=1S/C15H32O8Si/c1-5-8-18-21-14(4,22-19-9-6-2)15(24,23-20-10-7-3)17-12-13-11-16-13/h13H,5-12H2,1-4,24H3. The van der Waals surface area contributed by atoms with E-state index in [2.05, 4.69) is 0 Å². The Balaban J connectivity index is 2.77. The van der Waals surface area contributed by atoms with Crippen molar-refractivity contribution in [1.29, 1.82) is 0 Å². The van der Waals surface area contributed by atoms with Gasteiger partial charge in [0, 0.05) is 6.92 Å². The molecule has 0 bridgehead atoms. The van der Waals surface area contributed by atoms with Gasteiger partial charge >= 0.3 is 0 Å². The van der Waals surface area contributed by atoms with Crippen LogP contribution in [0.25, 0.3) is 0 Å². The largest absolute Gasteiger partial charge is 0.371 e. The van der Waals surface area contributed by atoms with Gasteiger partial charge in [-0.3, -0.25) is 0 Å². The van der Waals surface area contributed by atoms with E-state index in [-0.39, 0.29) is 6.10 Å². The molecule has 1 aliphatic rings. The minimum Gasteiger partial charge on any atom is -0.371 e. The van der Waals surface area contributed by atoms with Crippen LogP contribution < -0.4 is 0 Å². The Morgan fingerprint density at radius 2 is 1.38 bits per heavy atom. The molecule has 0 spiro atoms. The van der Waals surface area contributed by atoms with Crippen molar-refractivity contribution in [3.8, 4) is 0 Å². The third kappa shape index (κ3) is 7.42. The summed E-state index contributed by atoms with van der Waals surface area (Å²) >= 11 is 0. The lowest BCUT2D eigenvalue weighted by atomic mass is 10.3. The Bertz CT molecular complexity index is 319. The molecule has 0 aromatic heterocycles. The average molecular weight is 368 g/mol. The van der Waals surface area contributed by atoms with E-state index in [1.807, 2.05) is 20.8 Å². The number of hydrogen-bond donors (Lipinski definition) is 0. The van der Waals surface area contributed by atoms with Gasteiger partial charge in [-0.15, -0.1) is 0 Å². The molecule has 1 aliphatic heterocycles. The van der Waals surface area contributed by atoms with Crippen LogP contribution in [0.5, 0.6) is 0 Å². The molecule has 24 heavy (non-hydrogen) atoms. The lowest BCUT2D eigenvalue weighted by molar-refractivity contribution is -0.575. The van der Waals surface area contributed by atoms with Crippen LogP contribution in [0, 0.1) is 0 Å². The van der Waals surface area contributed by atoms with Gasteiger partial charge in [-0.2, -0.15) is 9.78 Å². The van der Waals surface area contributed by atoms with Crippen LogP contribution in [0.2, 0.25) is 0 Å². The van der Waals surface area contributed by atoms with Crippen LogP contribution in [-0.2, 0) is 38.8 Å². The highest BCUT2D eigenvalue weighted by Gasteiger charge is 2.54. The van der Waals surface area contributed by atoms with Crippen molar-refractivity contribution < 1.29 is 38.8 Å². The predicted octanol–water partition coefficient (Wildman–Crippen LogP) is 1.21. The maximum Gasteiger partial charge on any atom is 0.281 e. The summed E-state index contributed by atoms with van der Waals surface area (Å²) in [6.07, 6.45) is 2.46. The first kappa shape index (κ1) is 21.9. The highest BCUT2D eigenvalue weighted by molar-refractivity contribution is 6.14. The zero-order chi connectivity index (χ0) is 17.9. The molecular weight excluding hydrogens is 336 g/mol. The summed E-state index contributed by atoms with van der Waals surface area (Å²) in [5.74, 6) is -1.44. The molecule has 144 valence electrons. The molecule has 1 rings (SSSR count). The summed E-state index contributed by atoms with van der Waals surface area (Å²) in [7, 11) is 0.378. The third-order valence-electron chi connectivity index (χ3n) is 3.29. The average Bonchev–Trinajstić information content (AvgIpc) is 3.38. The van der Waals surface area contributed by atoms with Crippen LogP contribution >= 0.6 is 0 Å². The van der Waals surface area contributed by atoms with Gasteiger partial charge in [-0.1, -0.05) is 20.8 Å². The van der Waals surface area contributed by atoms with Crippen LogP contribution in [0.4, 0.5) is 0 Å². The summed E-state index contributed by atoms with van der Waals surface area (Å²) in [4.78, 5) is 32.2. The lowest BCUT2D eigenvalue weighted by Gasteiger charge is -2.40. The molecule has 0 aliphatic carbocycles. The molecule has 0 amide bonds. The first-order chi connectivity index (χ1) is 11.5. The van der Waals surface area contributed by atoms with Gasteiger partial charge in [0.05, 0.1) is 43.3 Å². The Morgan fingerprint density at radius 3 is 1.79 bits per heavy atom. The van der Waals surface area contributed by atoms with E-state index >= 15 is 0 Å². The number of hydrogen-bond acceptors (Lipinski definition) is 8. The van der Waals surface area contributed by atoms with Gasteiger partial charge in [-0.05, 0) is 19.3 Å². The summed E-state index contributed by atoms with van der Waals surface area (Å²) in [5.41, 5.74) is -1.28. The molecule has 2 unspecified atom stereocenters. The van der Waals surface area contributed by atoms with Crippen LogP contribution in [0.1, 0.15) is 47.0 Å². The predicted molar refractivity (Wildman–Crippen MR) is 88.8 cm³/mol. The monoisotopic (exact) mass is 368 g/mol. The molecular formula is C15H32O8Si. The maximum atomic E-state index is 5.91. The topological polar surface area (TPSA) is 77.1 Å². The second-order valence-electron chi connectivity index (χ2n) is 5.87. The molecule has 9 heteroatoms. The lowest BCUT2D eigenvalue weighted by Crippen LogP contribution is -2.60. The summed E-state index contributed by atoms with van der Waals surface area (Å²) in [6, 6.07) is 0. The van der Waals surface area contributed by atoms with E-state index in [1.54, 1.807) is 6.92 Å². The maximum absolute atomic E-state index is 5.91. The Kier molecular flexibility index (Phi) is 10.5.